The highest BCUT2D eigenvalue weighted by Gasteiger charge is 2.11. The number of hydrogen-bond donors (Lipinski definition) is 1. The second kappa shape index (κ2) is 2.98. The predicted molar refractivity (Wildman–Crippen MR) is 46.8 cm³/mol. The molecule has 1 aromatic carbocycles. The molecule has 0 amide bonds. The Balaban J connectivity index is 2.27. The Kier molecular flexibility index (Phi) is 1.83. The molecule has 0 saturated carbocycles. The number of hydrazine groups is 1. The average Bonchev–Trinajstić information content (AvgIpc) is 2.57. The monoisotopic (exact) mass is 182 g/mol. The minimum Gasteiger partial charge on any atom is -0.246 e. The molecule has 1 heterocycles. The number of hydrogen-bond acceptors (Lipinski definition) is 4. The number of rotatable bonds is 1. The van der Waals surface area contributed by atoms with Crippen LogP contribution < -0.4 is 10.5 Å². The van der Waals surface area contributed by atoms with E-state index in [9.17, 15) is 0 Å². The normalized spacial score (nSPS) is 14.9. The van der Waals surface area contributed by atoms with Crippen molar-refractivity contribution in [3.8, 4) is 0 Å². The van der Waals surface area contributed by atoms with Crippen LogP contribution in [0.15, 0.2) is 34.6 Å². The molecular formula is C7H7ClN4. The van der Waals surface area contributed by atoms with Gasteiger partial charge in [-0.15, -0.1) is 5.11 Å². The van der Waals surface area contributed by atoms with Crippen LogP contribution in [0.3, 0.4) is 0 Å². The number of benzene rings is 1. The van der Waals surface area contributed by atoms with Crippen molar-refractivity contribution in [2.75, 3.05) is 11.7 Å². The fourth-order valence-corrected chi connectivity index (χ4v) is 1.25. The molecule has 0 unspecified atom stereocenters. The zero-order chi connectivity index (χ0) is 8.39. The lowest BCUT2D eigenvalue weighted by Crippen LogP contribution is -2.29. The third-order valence-electron chi connectivity index (χ3n) is 1.58. The van der Waals surface area contributed by atoms with E-state index >= 15 is 0 Å². The second-order valence-corrected chi connectivity index (χ2v) is 2.77. The molecular weight excluding hydrogens is 176 g/mol. The quantitative estimate of drug-likeness (QED) is 0.722. The molecule has 0 aliphatic carbocycles. The van der Waals surface area contributed by atoms with Crippen LogP contribution in [0.5, 0.6) is 0 Å². The van der Waals surface area contributed by atoms with E-state index < -0.39 is 0 Å². The van der Waals surface area contributed by atoms with E-state index in [1.54, 1.807) is 5.01 Å². The summed E-state index contributed by atoms with van der Waals surface area (Å²) in [6.07, 6.45) is 0. The second-order valence-electron chi connectivity index (χ2n) is 2.36. The Labute approximate surface area is 74.8 Å². The first-order chi connectivity index (χ1) is 5.88. The van der Waals surface area contributed by atoms with Gasteiger partial charge in [0.15, 0.2) is 6.67 Å². The van der Waals surface area contributed by atoms with Crippen molar-refractivity contribution in [2.45, 2.75) is 0 Å². The summed E-state index contributed by atoms with van der Waals surface area (Å²) in [4.78, 5) is 0. The highest BCUT2D eigenvalue weighted by atomic mass is 35.5. The lowest BCUT2D eigenvalue weighted by atomic mass is 10.3. The smallest absolute Gasteiger partial charge is 0.154 e. The molecule has 1 aliphatic heterocycles. The zero-order valence-electron chi connectivity index (χ0n) is 6.24. The van der Waals surface area contributed by atoms with Crippen LogP contribution in [0.4, 0.5) is 5.69 Å². The molecule has 2 rings (SSSR count). The summed E-state index contributed by atoms with van der Waals surface area (Å²) in [6, 6.07) is 7.54. The number of nitrogens with one attached hydrogen (secondary N) is 1. The number of anilines is 1. The maximum atomic E-state index is 5.94. The van der Waals surface area contributed by atoms with Crippen LogP contribution in [0.1, 0.15) is 0 Å². The minimum atomic E-state index is 0.504. The van der Waals surface area contributed by atoms with Gasteiger partial charge < -0.3 is 0 Å². The minimum absolute atomic E-state index is 0.504. The number of halogens is 1. The van der Waals surface area contributed by atoms with Gasteiger partial charge in [0, 0.05) is 0 Å². The fraction of sp³-hybridized carbons (Fsp3) is 0.143. The molecule has 0 spiro atoms. The van der Waals surface area contributed by atoms with Crippen molar-refractivity contribution in [1.82, 2.24) is 5.53 Å². The van der Waals surface area contributed by atoms with E-state index in [2.05, 4.69) is 15.9 Å². The third-order valence-corrected chi connectivity index (χ3v) is 1.90. The van der Waals surface area contributed by atoms with E-state index in [4.69, 9.17) is 11.6 Å². The first kappa shape index (κ1) is 7.36. The van der Waals surface area contributed by atoms with E-state index in [0.29, 0.717) is 11.7 Å². The van der Waals surface area contributed by atoms with E-state index in [1.807, 2.05) is 24.3 Å². The van der Waals surface area contributed by atoms with Gasteiger partial charge in [-0.25, -0.2) is 5.01 Å². The Morgan fingerprint density at radius 1 is 1.42 bits per heavy atom. The van der Waals surface area contributed by atoms with Crippen LogP contribution in [0.25, 0.3) is 0 Å². The largest absolute Gasteiger partial charge is 0.246 e. The van der Waals surface area contributed by atoms with Crippen molar-refractivity contribution in [1.29, 1.82) is 0 Å². The zero-order valence-corrected chi connectivity index (χ0v) is 6.99. The molecule has 0 fully saturated rings. The first-order valence-electron chi connectivity index (χ1n) is 3.52. The van der Waals surface area contributed by atoms with Gasteiger partial charge in [-0.1, -0.05) is 29.0 Å². The average molecular weight is 183 g/mol. The van der Waals surface area contributed by atoms with E-state index in [-0.39, 0.29) is 0 Å². The van der Waals surface area contributed by atoms with Crippen LogP contribution >= 0.6 is 11.6 Å². The van der Waals surface area contributed by atoms with Gasteiger partial charge >= 0.3 is 0 Å². The van der Waals surface area contributed by atoms with E-state index in [1.165, 1.54) is 0 Å². The summed E-state index contributed by atoms with van der Waals surface area (Å²) in [7, 11) is 0. The van der Waals surface area contributed by atoms with Crippen molar-refractivity contribution < 1.29 is 0 Å². The molecule has 1 aliphatic rings. The summed E-state index contributed by atoms with van der Waals surface area (Å²) in [5.74, 6) is 0. The number of para-hydroxylation sites is 1. The molecule has 0 bridgehead atoms. The highest BCUT2D eigenvalue weighted by molar-refractivity contribution is 6.33. The van der Waals surface area contributed by atoms with Crippen molar-refractivity contribution in [3.05, 3.63) is 29.3 Å². The third kappa shape index (κ3) is 1.21. The Morgan fingerprint density at radius 3 is 2.92 bits per heavy atom. The topological polar surface area (TPSA) is 40.0 Å². The van der Waals surface area contributed by atoms with Crippen molar-refractivity contribution >= 4 is 17.3 Å². The van der Waals surface area contributed by atoms with Crippen LogP contribution in [-0.4, -0.2) is 6.67 Å². The summed E-state index contributed by atoms with van der Waals surface area (Å²) in [5.41, 5.74) is 3.61. The van der Waals surface area contributed by atoms with Gasteiger partial charge in [-0.3, -0.25) is 0 Å². The summed E-state index contributed by atoms with van der Waals surface area (Å²) >= 11 is 5.94. The summed E-state index contributed by atoms with van der Waals surface area (Å²) in [6.45, 7) is 0.504. The standard InChI is InChI=1S/C7H7ClN4/c8-6-3-1-2-4-7(6)12-5-9-10-11-12/h1-4H,5H2,(H,9,11). The fourth-order valence-electron chi connectivity index (χ4n) is 1.01. The van der Waals surface area contributed by atoms with Crippen LogP contribution in [-0.2, 0) is 0 Å². The lowest BCUT2D eigenvalue weighted by molar-refractivity contribution is 0.749. The maximum Gasteiger partial charge on any atom is 0.154 e. The van der Waals surface area contributed by atoms with Crippen molar-refractivity contribution in [3.63, 3.8) is 0 Å². The van der Waals surface area contributed by atoms with Gasteiger partial charge in [0.05, 0.1) is 10.7 Å². The molecule has 0 aromatic heterocycles. The molecule has 1 N–H and O–H groups in total. The molecule has 5 heteroatoms. The molecule has 0 radical (unpaired) electrons. The Morgan fingerprint density at radius 2 is 2.25 bits per heavy atom. The van der Waals surface area contributed by atoms with Gasteiger partial charge in [0.1, 0.15) is 0 Å². The SMILES string of the molecule is Clc1ccccc1N1CN=NN1. The predicted octanol–water partition coefficient (Wildman–Crippen LogP) is 1.99. The van der Waals surface area contributed by atoms with Gasteiger partial charge in [0.25, 0.3) is 0 Å². The number of nitrogens with zero attached hydrogens (tertiary/aromatic N) is 3. The molecule has 0 atom stereocenters. The lowest BCUT2D eigenvalue weighted by Gasteiger charge is -2.15. The summed E-state index contributed by atoms with van der Waals surface area (Å²) in [5, 5.41) is 9.85. The maximum absolute atomic E-state index is 5.94. The molecule has 1 aromatic rings. The molecule has 0 saturated heterocycles. The first-order valence-corrected chi connectivity index (χ1v) is 3.90. The van der Waals surface area contributed by atoms with Crippen molar-refractivity contribution in [2.24, 2.45) is 10.3 Å². The van der Waals surface area contributed by atoms with Gasteiger partial charge in [0.2, 0.25) is 0 Å². The van der Waals surface area contributed by atoms with E-state index in [0.717, 1.165) is 5.69 Å². The van der Waals surface area contributed by atoms with Crippen LogP contribution in [0.2, 0.25) is 5.02 Å². The molecule has 12 heavy (non-hydrogen) atoms. The van der Waals surface area contributed by atoms with Crippen LogP contribution in [0, 0.1) is 0 Å². The molecule has 4 nitrogen and oxygen atoms in total. The summed E-state index contributed by atoms with van der Waals surface area (Å²) < 4.78 is 0. The molecule has 62 valence electrons. The highest BCUT2D eigenvalue weighted by Crippen LogP contribution is 2.24. The Hall–Kier alpha value is -1.29. The van der Waals surface area contributed by atoms with Gasteiger partial charge in [-0.2, -0.15) is 5.53 Å². The van der Waals surface area contributed by atoms with Gasteiger partial charge in [-0.05, 0) is 12.1 Å². The Bertz CT molecular complexity index is 304.